The standard InChI is InChI=1S/C21H23ClF2N2O2/c22-18-15-16(3-4-19(18)23)20(27)26-12-8-21(24,9-13-26)7-1-2-14-28-17-5-10-25-11-6-17/h3-6,10-11,15H,1-2,7-9,12-14H2. The molecule has 7 heteroatoms. The molecule has 2 heterocycles. The van der Waals surface area contributed by atoms with Crippen LogP contribution >= 0.6 is 11.6 Å². The van der Waals surface area contributed by atoms with Crippen molar-refractivity contribution in [3.63, 3.8) is 0 Å². The number of ether oxygens (including phenoxy) is 1. The lowest BCUT2D eigenvalue weighted by molar-refractivity contribution is 0.0382. The van der Waals surface area contributed by atoms with Crippen molar-refractivity contribution < 1.29 is 18.3 Å². The molecule has 0 saturated carbocycles. The van der Waals surface area contributed by atoms with E-state index in [2.05, 4.69) is 4.98 Å². The number of unbranched alkanes of at least 4 members (excludes halogenated alkanes) is 1. The van der Waals surface area contributed by atoms with E-state index in [1.807, 2.05) is 0 Å². The number of piperidine rings is 1. The van der Waals surface area contributed by atoms with Gasteiger partial charge >= 0.3 is 0 Å². The van der Waals surface area contributed by atoms with Gasteiger partial charge in [0.1, 0.15) is 17.2 Å². The molecule has 0 spiro atoms. The first-order chi connectivity index (χ1) is 13.5. The van der Waals surface area contributed by atoms with Crippen LogP contribution in [0.3, 0.4) is 0 Å². The van der Waals surface area contributed by atoms with Crippen LogP contribution in [0.1, 0.15) is 42.5 Å². The molecule has 150 valence electrons. The van der Waals surface area contributed by atoms with Crippen LogP contribution < -0.4 is 4.74 Å². The van der Waals surface area contributed by atoms with Crippen molar-refractivity contribution in [2.45, 2.75) is 37.8 Å². The number of halogens is 3. The van der Waals surface area contributed by atoms with Crippen molar-refractivity contribution in [1.82, 2.24) is 9.88 Å². The van der Waals surface area contributed by atoms with E-state index in [0.29, 0.717) is 44.5 Å². The van der Waals surface area contributed by atoms with Gasteiger partial charge < -0.3 is 9.64 Å². The first-order valence-corrected chi connectivity index (χ1v) is 9.81. The van der Waals surface area contributed by atoms with Crippen molar-refractivity contribution in [3.8, 4) is 5.75 Å². The fraction of sp³-hybridized carbons (Fsp3) is 0.429. The summed E-state index contributed by atoms with van der Waals surface area (Å²) in [5, 5.41) is -0.0864. The van der Waals surface area contributed by atoms with Crippen LogP contribution in [0.4, 0.5) is 8.78 Å². The van der Waals surface area contributed by atoms with Crippen LogP contribution in [-0.2, 0) is 0 Å². The van der Waals surface area contributed by atoms with Crippen LogP contribution in [0, 0.1) is 5.82 Å². The molecule has 28 heavy (non-hydrogen) atoms. The molecule has 1 amide bonds. The number of hydrogen-bond acceptors (Lipinski definition) is 3. The summed E-state index contributed by atoms with van der Waals surface area (Å²) in [5.41, 5.74) is -0.931. The maximum absolute atomic E-state index is 15.0. The summed E-state index contributed by atoms with van der Waals surface area (Å²) in [6.07, 6.45) is 5.89. The molecular weight excluding hydrogens is 386 g/mol. The Balaban J connectivity index is 1.40. The van der Waals surface area contributed by atoms with Gasteiger partial charge in [-0.25, -0.2) is 8.78 Å². The van der Waals surface area contributed by atoms with Crippen LogP contribution in [0.2, 0.25) is 5.02 Å². The van der Waals surface area contributed by atoms with E-state index < -0.39 is 11.5 Å². The Hall–Kier alpha value is -2.21. The zero-order valence-corrected chi connectivity index (χ0v) is 16.3. The molecular formula is C21H23ClF2N2O2. The highest BCUT2D eigenvalue weighted by molar-refractivity contribution is 6.31. The Kier molecular flexibility index (Phi) is 6.83. The SMILES string of the molecule is O=C(c1ccc(F)c(Cl)c1)N1CCC(F)(CCCCOc2ccncc2)CC1. The summed E-state index contributed by atoms with van der Waals surface area (Å²) in [4.78, 5) is 18.0. The third-order valence-electron chi connectivity index (χ3n) is 5.05. The number of nitrogens with zero attached hydrogens (tertiary/aromatic N) is 2. The molecule has 0 aliphatic carbocycles. The molecule has 2 aromatic rings. The number of pyridine rings is 1. The molecule has 0 unspecified atom stereocenters. The maximum Gasteiger partial charge on any atom is 0.253 e. The van der Waals surface area contributed by atoms with Gasteiger partial charge in [-0.1, -0.05) is 11.6 Å². The predicted octanol–water partition coefficient (Wildman–Crippen LogP) is 5.07. The fourth-order valence-electron chi connectivity index (χ4n) is 3.34. The van der Waals surface area contributed by atoms with Gasteiger partial charge in [0.05, 0.1) is 11.6 Å². The summed E-state index contributed by atoms with van der Waals surface area (Å²) >= 11 is 5.75. The third-order valence-corrected chi connectivity index (χ3v) is 5.34. The van der Waals surface area contributed by atoms with Gasteiger partial charge in [-0.2, -0.15) is 0 Å². The summed E-state index contributed by atoms with van der Waals surface area (Å²) in [6.45, 7) is 1.23. The van der Waals surface area contributed by atoms with Gasteiger partial charge in [0, 0.05) is 31.0 Å². The number of hydrogen-bond donors (Lipinski definition) is 0. The maximum atomic E-state index is 15.0. The zero-order valence-electron chi connectivity index (χ0n) is 15.5. The first kappa shape index (κ1) is 20.5. The minimum Gasteiger partial charge on any atom is -0.493 e. The quantitative estimate of drug-likeness (QED) is 0.601. The number of benzene rings is 1. The van der Waals surface area contributed by atoms with Crippen LogP contribution in [0.25, 0.3) is 0 Å². The van der Waals surface area contributed by atoms with Gasteiger partial charge in [-0.05, 0) is 62.4 Å². The van der Waals surface area contributed by atoms with E-state index in [1.54, 1.807) is 29.4 Å². The number of rotatable bonds is 7. The summed E-state index contributed by atoms with van der Waals surface area (Å²) in [7, 11) is 0. The van der Waals surface area contributed by atoms with Gasteiger partial charge in [0.15, 0.2) is 0 Å². The second kappa shape index (κ2) is 9.32. The Morgan fingerprint density at radius 3 is 2.57 bits per heavy atom. The fourth-order valence-corrected chi connectivity index (χ4v) is 3.52. The van der Waals surface area contributed by atoms with Crippen LogP contribution in [-0.4, -0.2) is 41.2 Å². The molecule has 3 rings (SSSR count). The zero-order chi connectivity index (χ0) is 20.0. The van der Waals surface area contributed by atoms with Crippen molar-refractivity contribution in [2.24, 2.45) is 0 Å². The largest absolute Gasteiger partial charge is 0.493 e. The molecule has 1 aliphatic heterocycles. The summed E-state index contributed by atoms with van der Waals surface area (Å²) in [6, 6.07) is 7.48. The molecule has 4 nitrogen and oxygen atoms in total. The van der Waals surface area contributed by atoms with Crippen LogP contribution in [0.5, 0.6) is 5.75 Å². The predicted molar refractivity (Wildman–Crippen MR) is 104 cm³/mol. The minimum atomic E-state index is -1.26. The number of aromatic nitrogens is 1. The molecule has 1 fully saturated rings. The average molecular weight is 409 g/mol. The molecule has 1 aromatic heterocycles. The van der Waals surface area contributed by atoms with Gasteiger partial charge in [0.2, 0.25) is 0 Å². The van der Waals surface area contributed by atoms with Crippen LogP contribution in [0.15, 0.2) is 42.7 Å². The number of likely N-dealkylation sites (tertiary alicyclic amines) is 1. The van der Waals surface area contributed by atoms with Crippen molar-refractivity contribution >= 4 is 17.5 Å². The van der Waals surface area contributed by atoms with Crippen molar-refractivity contribution in [3.05, 3.63) is 59.1 Å². The number of carbonyl (C=O) groups is 1. The van der Waals surface area contributed by atoms with E-state index >= 15 is 4.39 Å². The second-order valence-corrected chi connectivity index (χ2v) is 7.47. The van der Waals surface area contributed by atoms with E-state index in [9.17, 15) is 9.18 Å². The topological polar surface area (TPSA) is 42.4 Å². The van der Waals surface area contributed by atoms with E-state index in [-0.39, 0.29) is 10.9 Å². The molecule has 0 bridgehead atoms. The van der Waals surface area contributed by atoms with E-state index in [0.717, 1.165) is 18.6 Å². The molecule has 1 saturated heterocycles. The number of carbonyl (C=O) groups excluding carboxylic acids is 1. The number of alkyl halides is 1. The Morgan fingerprint density at radius 1 is 1.18 bits per heavy atom. The van der Waals surface area contributed by atoms with Gasteiger partial charge in [-0.3, -0.25) is 9.78 Å². The van der Waals surface area contributed by atoms with E-state index in [4.69, 9.17) is 16.3 Å². The highest BCUT2D eigenvalue weighted by Gasteiger charge is 2.35. The molecule has 0 atom stereocenters. The third kappa shape index (κ3) is 5.41. The second-order valence-electron chi connectivity index (χ2n) is 7.06. The molecule has 0 radical (unpaired) electrons. The monoisotopic (exact) mass is 408 g/mol. The molecule has 1 aliphatic rings. The summed E-state index contributed by atoms with van der Waals surface area (Å²) in [5.74, 6) is -0.0417. The first-order valence-electron chi connectivity index (χ1n) is 9.43. The Bertz CT molecular complexity index is 796. The Morgan fingerprint density at radius 2 is 1.89 bits per heavy atom. The van der Waals surface area contributed by atoms with Gasteiger partial charge in [0.25, 0.3) is 5.91 Å². The minimum absolute atomic E-state index is 0.0864. The molecule has 0 N–H and O–H groups in total. The molecule has 1 aromatic carbocycles. The summed E-state index contributed by atoms with van der Waals surface area (Å²) < 4.78 is 33.9. The lowest BCUT2D eigenvalue weighted by Gasteiger charge is -2.36. The Labute approximate surface area is 168 Å². The van der Waals surface area contributed by atoms with Crippen molar-refractivity contribution in [1.29, 1.82) is 0 Å². The lowest BCUT2D eigenvalue weighted by atomic mass is 9.88. The highest BCUT2D eigenvalue weighted by Crippen LogP contribution is 2.32. The van der Waals surface area contributed by atoms with Crippen molar-refractivity contribution in [2.75, 3.05) is 19.7 Å². The van der Waals surface area contributed by atoms with E-state index in [1.165, 1.54) is 18.2 Å². The smallest absolute Gasteiger partial charge is 0.253 e. The average Bonchev–Trinajstić information content (AvgIpc) is 2.71. The lowest BCUT2D eigenvalue weighted by Crippen LogP contribution is -2.44. The highest BCUT2D eigenvalue weighted by atomic mass is 35.5. The normalized spacial score (nSPS) is 16.0. The van der Waals surface area contributed by atoms with Gasteiger partial charge in [-0.15, -0.1) is 0 Å². The number of amides is 1.